The number of aryl methyl sites for hydroxylation is 2. The maximum atomic E-state index is 6.04. The normalized spacial score (nSPS) is 11.4. The quantitative estimate of drug-likeness (QED) is 0.863. The fourth-order valence-electron chi connectivity index (χ4n) is 1.98. The van der Waals surface area contributed by atoms with Gasteiger partial charge in [0, 0.05) is 30.5 Å². The predicted octanol–water partition coefficient (Wildman–Crippen LogP) is 2.06. The summed E-state index contributed by atoms with van der Waals surface area (Å²) in [6.07, 6.45) is 1.88. The maximum absolute atomic E-state index is 6.04. The molecule has 2 rings (SSSR count). The highest BCUT2D eigenvalue weighted by atomic mass is 15.3. The molecule has 0 saturated carbocycles. The summed E-state index contributed by atoms with van der Waals surface area (Å²) in [7, 11) is 1.93. The van der Waals surface area contributed by atoms with Crippen LogP contribution in [0, 0.1) is 13.8 Å². The van der Waals surface area contributed by atoms with E-state index in [-0.39, 0.29) is 0 Å². The Morgan fingerprint density at radius 1 is 1.24 bits per heavy atom. The lowest BCUT2D eigenvalue weighted by molar-refractivity contribution is 0.534. The van der Waals surface area contributed by atoms with Crippen LogP contribution >= 0.6 is 0 Å². The summed E-state index contributed by atoms with van der Waals surface area (Å²) in [5, 5.41) is 8.95. The molecule has 2 N–H and O–H groups in total. The molecule has 2 heterocycles. The van der Waals surface area contributed by atoms with Crippen LogP contribution in [0.4, 0.5) is 5.69 Å². The van der Waals surface area contributed by atoms with Crippen molar-refractivity contribution in [2.24, 2.45) is 7.05 Å². The number of hydrogen-bond donors (Lipinski definition) is 1. The van der Waals surface area contributed by atoms with Gasteiger partial charge in [0.2, 0.25) is 0 Å². The summed E-state index contributed by atoms with van der Waals surface area (Å²) < 4.78 is 3.75. The van der Waals surface area contributed by atoms with E-state index in [0.717, 1.165) is 22.6 Å². The molecular formula is C12H19N5. The van der Waals surface area contributed by atoms with Gasteiger partial charge in [-0.3, -0.25) is 9.36 Å². The Kier molecular flexibility index (Phi) is 2.69. The molecule has 0 fully saturated rings. The van der Waals surface area contributed by atoms with E-state index in [1.54, 1.807) is 0 Å². The molecule has 0 aromatic carbocycles. The molecule has 0 aliphatic carbocycles. The second kappa shape index (κ2) is 3.91. The van der Waals surface area contributed by atoms with Crippen molar-refractivity contribution in [3.05, 3.63) is 17.6 Å². The first-order valence-corrected chi connectivity index (χ1v) is 5.77. The zero-order valence-electron chi connectivity index (χ0n) is 11.0. The van der Waals surface area contributed by atoms with Crippen molar-refractivity contribution in [1.82, 2.24) is 19.6 Å². The van der Waals surface area contributed by atoms with E-state index >= 15 is 0 Å². The molecule has 0 unspecified atom stereocenters. The number of anilines is 1. The largest absolute Gasteiger partial charge is 0.396 e. The van der Waals surface area contributed by atoms with Crippen LogP contribution in [-0.4, -0.2) is 19.6 Å². The summed E-state index contributed by atoms with van der Waals surface area (Å²) in [6.45, 7) is 8.18. The molecule has 0 amide bonds. The minimum absolute atomic E-state index is 0.309. The molecule has 2 aromatic heterocycles. The fourth-order valence-corrected chi connectivity index (χ4v) is 1.98. The van der Waals surface area contributed by atoms with Crippen molar-refractivity contribution >= 4 is 5.69 Å². The van der Waals surface area contributed by atoms with E-state index < -0.39 is 0 Å². The number of aromatic nitrogens is 4. The lowest BCUT2D eigenvalue weighted by Crippen LogP contribution is -2.01. The Morgan fingerprint density at radius 3 is 2.29 bits per heavy atom. The highest BCUT2D eigenvalue weighted by Crippen LogP contribution is 2.30. The van der Waals surface area contributed by atoms with E-state index in [9.17, 15) is 0 Å². The van der Waals surface area contributed by atoms with Gasteiger partial charge in [-0.2, -0.15) is 10.2 Å². The standard InChI is InChI=1S/C12H19N5/c1-7(2)17-6-10(13)12(15-17)11-8(3)14-16(5)9(11)4/h6-7H,13H2,1-5H3. The van der Waals surface area contributed by atoms with E-state index in [1.165, 1.54) is 0 Å². The van der Waals surface area contributed by atoms with Crippen LogP contribution in [0.2, 0.25) is 0 Å². The Hall–Kier alpha value is -1.78. The van der Waals surface area contributed by atoms with Crippen molar-refractivity contribution < 1.29 is 0 Å². The van der Waals surface area contributed by atoms with E-state index in [1.807, 2.05) is 36.5 Å². The van der Waals surface area contributed by atoms with Crippen molar-refractivity contribution in [3.8, 4) is 11.3 Å². The predicted molar refractivity (Wildman–Crippen MR) is 68.7 cm³/mol. The van der Waals surface area contributed by atoms with Crippen LogP contribution in [0.25, 0.3) is 11.3 Å². The van der Waals surface area contributed by atoms with Gasteiger partial charge in [-0.05, 0) is 27.7 Å². The minimum Gasteiger partial charge on any atom is -0.396 e. The van der Waals surface area contributed by atoms with Gasteiger partial charge in [-0.1, -0.05) is 0 Å². The molecule has 2 aromatic rings. The van der Waals surface area contributed by atoms with Crippen molar-refractivity contribution in [2.45, 2.75) is 33.7 Å². The second-order valence-electron chi connectivity index (χ2n) is 4.68. The molecule has 92 valence electrons. The average molecular weight is 233 g/mol. The third kappa shape index (κ3) is 1.81. The molecule has 0 atom stereocenters. The first-order valence-electron chi connectivity index (χ1n) is 5.77. The van der Waals surface area contributed by atoms with Crippen LogP contribution in [-0.2, 0) is 7.05 Å². The first kappa shape index (κ1) is 11.7. The monoisotopic (exact) mass is 233 g/mol. The zero-order valence-corrected chi connectivity index (χ0v) is 11.0. The van der Waals surface area contributed by atoms with Gasteiger partial charge in [0.15, 0.2) is 0 Å². The molecule has 17 heavy (non-hydrogen) atoms. The Morgan fingerprint density at radius 2 is 1.88 bits per heavy atom. The molecule has 0 spiro atoms. The van der Waals surface area contributed by atoms with Crippen LogP contribution in [0.3, 0.4) is 0 Å². The Bertz CT molecular complexity index is 547. The van der Waals surface area contributed by atoms with Gasteiger partial charge >= 0.3 is 0 Å². The number of nitrogen functional groups attached to an aromatic ring is 1. The van der Waals surface area contributed by atoms with E-state index in [0.29, 0.717) is 11.7 Å². The number of hydrogen-bond acceptors (Lipinski definition) is 3. The highest BCUT2D eigenvalue weighted by molar-refractivity contribution is 5.75. The van der Waals surface area contributed by atoms with E-state index in [2.05, 4.69) is 24.0 Å². The third-order valence-corrected chi connectivity index (χ3v) is 3.04. The third-order valence-electron chi connectivity index (χ3n) is 3.04. The summed E-state index contributed by atoms with van der Waals surface area (Å²) in [5.41, 5.74) is 10.7. The minimum atomic E-state index is 0.309. The van der Waals surface area contributed by atoms with Crippen LogP contribution in [0.15, 0.2) is 6.20 Å². The molecule has 0 radical (unpaired) electrons. The van der Waals surface area contributed by atoms with Crippen LogP contribution < -0.4 is 5.73 Å². The molecule has 0 bridgehead atoms. The Balaban J connectivity index is 2.60. The number of rotatable bonds is 2. The smallest absolute Gasteiger partial charge is 0.119 e. The lowest BCUT2D eigenvalue weighted by Gasteiger charge is -2.03. The summed E-state index contributed by atoms with van der Waals surface area (Å²) in [4.78, 5) is 0. The summed E-state index contributed by atoms with van der Waals surface area (Å²) in [5.74, 6) is 0. The van der Waals surface area contributed by atoms with Gasteiger partial charge in [0.25, 0.3) is 0 Å². The number of nitrogens with two attached hydrogens (primary N) is 1. The van der Waals surface area contributed by atoms with E-state index in [4.69, 9.17) is 5.73 Å². The summed E-state index contributed by atoms with van der Waals surface area (Å²) in [6, 6.07) is 0.309. The average Bonchev–Trinajstić information content (AvgIpc) is 2.70. The van der Waals surface area contributed by atoms with Gasteiger partial charge < -0.3 is 5.73 Å². The van der Waals surface area contributed by atoms with Gasteiger partial charge in [-0.25, -0.2) is 0 Å². The van der Waals surface area contributed by atoms with Gasteiger partial charge in [0.1, 0.15) is 5.69 Å². The second-order valence-corrected chi connectivity index (χ2v) is 4.68. The molecule has 5 heteroatoms. The Labute approximate surface area is 101 Å². The SMILES string of the molecule is Cc1nn(C)c(C)c1-c1nn(C(C)C)cc1N. The fraction of sp³-hybridized carbons (Fsp3) is 0.500. The molecule has 5 nitrogen and oxygen atoms in total. The zero-order chi connectivity index (χ0) is 12.7. The molecule has 0 saturated heterocycles. The van der Waals surface area contributed by atoms with Crippen molar-refractivity contribution in [1.29, 1.82) is 0 Å². The summed E-state index contributed by atoms with van der Waals surface area (Å²) >= 11 is 0. The number of nitrogens with zero attached hydrogens (tertiary/aromatic N) is 4. The first-order chi connectivity index (χ1) is 7.91. The van der Waals surface area contributed by atoms with Gasteiger partial charge in [0.05, 0.1) is 11.4 Å². The van der Waals surface area contributed by atoms with Crippen molar-refractivity contribution in [3.63, 3.8) is 0 Å². The molecule has 0 aliphatic heterocycles. The van der Waals surface area contributed by atoms with Crippen LogP contribution in [0.5, 0.6) is 0 Å². The maximum Gasteiger partial charge on any atom is 0.119 e. The van der Waals surface area contributed by atoms with Crippen molar-refractivity contribution in [2.75, 3.05) is 5.73 Å². The highest BCUT2D eigenvalue weighted by Gasteiger charge is 2.18. The van der Waals surface area contributed by atoms with Crippen LogP contribution in [0.1, 0.15) is 31.3 Å². The molecule has 0 aliphatic rings. The van der Waals surface area contributed by atoms with Gasteiger partial charge in [-0.15, -0.1) is 0 Å². The molecular weight excluding hydrogens is 214 g/mol. The topological polar surface area (TPSA) is 61.7 Å². The lowest BCUT2D eigenvalue weighted by atomic mass is 10.1.